The van der Waals surface area contributed by atoms with Crippen LogP contribution >= 0.6 is 0 Å². The molecule has 3 heteroatoms. The summed E-state index contributed by atoms with van der Waals surface area (Å²) in [6.45, 7) is 14.3. The smallest absolute Gasteiger partial charge is 0.128 e. The van der Waals surface area contributed by atoms with Crippen molar-refractivity contribution in [2.45, 2.75) is 52.6 Å². The lowest BCUT2D eigenvalue weighted by molar-refractivity contribution is 0.424. The van der Waals surface area contributed by atoms with Gasteiger partial charge >= 0.3 is 0 Å². The first-order valence-corrected chi connectivity index (χ1v) is 7.36. The average molecular weight is 275 g/mol. The molecule has 112 valence electrons. The molecule has 0 unspecified atom stereocenters. The van der Waals surface area contributed by atoms with Crippen LogP contribution in [0, 0.1) is 6.92 Å². The molecule has 0 aliphatic heterocycles. The molecule has 1 rings (SSSR count). The van der Waals surface area contributed by atoms with Crippen LogP contribution in [0.5, 0.6) is 0 Å². The van der Waals surface area contributed by atoms with Crippen LogP contribution in [0.1, 0.15) is 44.9 Å². The molecule has 1 N–H and O–H groups in total. The van der Waals surface area contributed by atoms with E-state index in [9.17, 15) is 0 Å². The molecule has 20 heavy (non-hydrogen) atoms. The Hall–Kier alpha value is -1.35. The minimum atomic E-state index is 0.132. The Labute approximate surface area is 124 Å². The second-order valence-electron chi connectivity index (χ2n) is 6.43. The highest BCUT2D eigenvalue weighted by molar-refractivity contribution is 5.41. The van der Waals surface area contributed by atoms with Gasteiger partial charge in [-0.25, -0.2) is 4.98 Å². The highest BCUT2D eigenvalue weighted by Gasteiger charge is 2.10. The Bertz CT molecular complexity index is 432. The second kappa shape index (κ2) is 7.44. The lowest BCUT2D eigenvalue weighted by atomic mass is 10.1. The maximum absolute atomic E-state index is 4.63. The molecule has 0 atom stereocenters. The molecule has 0 aliphatic rings. The minimum absolute atomic E-state index is 0.132. The van der Waals surface area contributed by atoms with E-state index in [4.69, 9.17) is 0 Å². The molecule has 0 spiro atoms. The molecule has 0 aromatic carbocycles. The van der Waals surface area contributed by atoms with Gasteiger partial charge in [0.25, 0.3) is 0 Å². The van der Waals surface area contributed by atoms with Crippen LogP contribution in [0.3, 0.4) is 0 Å². The highest BCUT2D eigenvalue weighted by Crippen LogP contribution is 2.15. The van der Waals surface area contributed by atoms with Gasteiger partial charge in [-0.2, -0.15) is 0 Å². The van der Waals surface area contributed by atoms with Crippen LogP contribution in [0.25, 0.3) is 0 Å². The third-order valence-electron chi connectivity index (χ3n) is 3.12. The summed E-state index contributed by atoms with van der Waals surface area (Å²) in [4.78, 5) is 6.85. The topological polar surface area (TPSA) is 28.2 Å². The summed E-state index contributed by atoms with van der Waals surface area (Å²) in [7, 11) is 2.10. The number of hydrogen-bond donors (Lipinski definition) is 1. The van der Waals surface area contributed by atoms with Crippen molar-refractivity contribution in [1.29, 1.82) is 0 Å². The standard InChI is InChI=1S/C17H29N3/c1-7-8-9-10-20(6)16-12-15(11-14(2)19-16)13-18-17(3,4)5/h7,11-12,18H,1,8-10,13H2,2-6H3. The van der Waals surface area contributed by atoms with Crippen molar-refractivity contribution in [3.63, 3.8) is 0 Å². The largest absolute Gasteiger partial charge is 0.360 e. The van der Waals surface area contributed by atoms with Gasteiger partial charge in [0.05, 0.1) is 0 Å². The lowest BCUT2D eigenvalue weighted by Gasteiger charge is -2.22. The van der Waals surface area contributed by atoms with E-state index in [-0.39, 0.29) is 5.54 Å². The Balaban J connectivity index is 2.72. The van der Waals surface area contributed by atoms with Crippen molar-refractivity contribution in [2.24, 2.45) is 0 Å². The number of unbranched alkanes of at least 4 members (excludes halogenated alkanes) is 1. The molecule has 1 aromatic rings. The maximum Gasteiger partial charge on any atom is 0.128 e. The first-order chi connectivity index (χ1) is 9.31. The number of nitrogens with one attached hydrogen (secondary N) is 1. The zero-order valence-corrected chi connectivity index (χ0v) is 13.7. The fraction of sp³-hybridized carbons (Fsp3) is 0.588. The molecule has 0 bridgehead atoms. The predicted octanol–water partition coefficient (Wildman–Crippen LogP) is 3.68. The van der Waals surface area contributed by atoms with Crippen molar-refractivity contribution in [3.05, 3.63) is 36.0 Å². The number of pyridine rings is 1. The van der Waals surface area contributed by atoms with Crippen molar-refractivity contribution in [3.8, 4) is 0 Å². The zero-order chi connectivity index (χ0) is 15.2. The first-order valence-electron chi connectivity index (χ1n) is 7.36. The van der Waals surface area contributed by atoms with Crippen molar-refractivity contribution in [1.82, 2.24) is 10.3 Å². The molecular weight excluding hydrogens is 246 g/mol. The fourth-order valence-corrected chi connectivity index (χ4v) is 1.97. The van der Waals surface area contributed by atoms with Crippen molar-refractivity contribution in [2.75, 3.05) is 18.5 Å². The van der Waals surface area contributed by atoms with E-state index >= 15 is 0 Å². The maximum atomic E-state index is 4.63. The molecule has 3 nitrogen and oxygen atoms in total. The Morgan fingerprint density at radius 3 is 2.65 bits per heavy atom. The van der Waals surface area contributed by atoms with E-state index in [0.717, 1.165) is 37.4 Å². The normalized spacial score (nSPS) is 11.4. The third-order valence-corrected chi connectivity index (χ3v) is 3.12. The predicted molar refractivity (Wildman–Crippen MR) is 88.3 cm³/mol. The van der Waals surface area contributed by atoms with Gasteiger partial charge in [0.1, 0.15) is 5.82 Å². The molecule has 0 radical (unpaired) electrons. The zero-order valence-electron chi connectivity index (χ0n) is 13.7. The van der Waals surface area contributed by atoms with E-state index in [1.54, 1.807) is 0 Å². The second-order valence-corrected chi connectivity index (χ2v) is 6.43. The summed E-state index contributed by atoms with van der Waals surface area (Å²) < 4.78 is 0. The summed E-state index contributed by atoms with van der Waals surface area (Å²) in [6, 6.07) is 4.33. The van der Waals surface area contributed by atoms with E-state index < -0.39 is 0 Å². The van der Waals surface area contributed by atoms with Gasteiger partial charge in [-0.1, -0.05) is 6.08 Å². The Morgan fingerprint density at radius 1 is 1.35 bits per heavy atom. The average Bonchev–Trinajstić information content (AvgIpc) is 2.35. The first kappa shape index (κ1) is 16.7. The number of anilines is 1. The van der Waals surface area contributed by atoms with Gasteiger partial charge < -0.3 is 10.2 Å². The van der Waals surface area contributed by atoms with E-state index in [2.05, 4.69) is 68.7 Å². The van der Waals surface area contributed by atoms with Crippen LogP contribution in [-0.4, -0.2) is 24.1 Å². The SMILES string of the molecule is C=CCCCN(C)c1cc(CNC(C)(C)C)cc(C)n1. The molecule has 1 heterocycles. The van der Waals surface area contributed by atoms with Gasteiger partial charge in [-0.05, 0) is 58.2 Å². The van der Waals surface area contributed by atoms with E-state index in [1.807, 2.05) is 6.08 Å². The number of aromatic nitrogens is 1. The molecule has 0 saturated carbocycles. The highest BCUT2D eigenvalue weighted by atomic mass is 15.2. The van der Waals surface area contributed by atoms with Gasteiger partial charge in [-0.3, -0.25) is 0 Å². The monoisotopic (exact) mass is 275 g/mol. The van der Waals surface area contributed by atoms with Gasteiger partial charge in [0, 0.05) is 31.4 Å². The summed E-state index contributed by atoms with van der Waals surface area (Å²) in [5.41, 5.74) is 2.49. The van der Waals surface area contributed by atoms with E-state index in [0.29, 0.717) is 0 Å². The molecule has 0 amide bonds. The fourth-order valence-electron chi connectivity index (χ4n) is 1.97. The van der Waals surface area contributed by atoms with Crippen LogP contribution < -0.4 is 10.2 Å². The number of aryl methyl sites for hydroxylation is 1. The Kier molecular flexibility index (Phi) is 6.21. The summed E-state index contributed by atoms with van der Waals surface area (Å²) in [5, 5.41) is 3.52. The number of allylic oxidation sites excluding steroid dienone is 1. The summed E-state index contributed by atoms with van der Waals surface area (Å²) in [5.74, 6) is 1.06. The van der Waals surface area contributed by atoms with Gasteiger partial charge in [0.2, 0.25) is 0 Å². The number of rotatable bonds is 7. The van der Waals surface area contributed by atoms with Gasteiger partial charge in [-0.15, -0.1) is 6.58 Å². The van der Waals surface area contributed by atoms with Gasteiger partial charge in [0.15, 0.2) is 0 Å². The van der Waals surface area contributed by atoms with Crippen LogP contribution in [-0.2, 0) is 6.54 Å². The van der Waals surface area contributed by atoms with Crippen molar-refractivity contribution < 1.29 is 0 Å². The lowest BCUT2D eigenvalue weighted by Crippen LogP contribution is -2.35. The summed E-state index contributed by atoms with van der Waals surface area (Å²) >= 11 is 0. The number of nitrogens with zero attached hydrogens (tertiary/aromatic N) is 2. The number of hydrogen-bond acceptors (Lipinski definition) is 3. The minimum Gasteiger partial charge on any atom is -0.360 e. The summed E-state index contributed by atoms with van der Waals surface area (Å²) in [6.07, 6.45) is 4.13. The quantitative estimate of drug-likeness (QED) is 0.608. The van der Waals surface area contributed by atoms with Crippen LogP contribution in [0.15, 0.2) is 24.8 Å². The third kappa shape index (κ3) is 6.20. The molecular formula is C17H29N3. The molecule has 0 saturated heterocycles. The van der Waals surface area contributed by atoms with E-state index in [1.165, 1.54) is 5.56 Å². The van der Waals surface area contributed by atoms with Crippen LogP contribution in [0.4, 0.5) is 5.82 Å². The van der Waals surface area contributed by atoms with Crippen molar-refractivity contribution >= 4 is 5.82 Å². The Morgan fingerprint density at radius 2 is 2.05 bits per heavy atom. The molecule has 0 fully saturated rings. The molecule has 0 aliphatic carbocycles. The van der Waals surface area contributed by atoms with Crippen LogP contribution in [0.2, 0.25) is 0 Å². The molecule has 1 aromatic heterocycles.